The molecule has 0 saturated heterocycles. The lowest BCUT2D eigenvalue weighted by Gasteiger charge is -2.32. The summed E-state index contributed by atoms with van der Waals surface area (Å²) in [5.74, 6) is 1.82. The average Bonchev–Trinajstić information content (AvgIpc) is 1.93. The van der Waals surface area contributed by atoms with Gasteiger partial charge in [0.1, 0.15) is 0 Å². The van der Waals surface area contributed by atoms with Crippen LogP contribution in [0.1, 0.15) is 45.4 Å². The van der Waals surface area contributed by atoms with E-state index in [0.29, 0.717) is 0 Å². The molecule has 0 bridgehead atoms. The zero-order valence-corrected chi connectivity index (χ0v) is 7.34. The molecule has 1 aliphatic carbocycles. The van der Waals surface area contributed by atoms with Crippen molar-refractivity contribution in [2.75, 3.05) is 0 Å². The van der Waals surface area contributed by atoms with Crippen LogP contribution in [-0.4, -0.2) is 0 Å². The molecule has 11 heavy (non-hydrogen) atoms. The normalized spacial score (nSPS) is 20.4. The quantitative estimate of drug-likeness (QED) is 0.605. The summed E-state index contributed by atoms with van der Waals surface area (Å²) in [7, 11) is 0. The van der Waals surface area contributed by atoms with Gasteiger partial charge in [-0.25, -0.2) is 0 Å². The van der Waals surface area contributed by atoms with Crippen LogP contribution < -0.4 is 0 Å². The van der Waals surface area contributed by atoms with E-state index in [1.54, 1.807) is 0 Å². The molecule has 1 atom stereocenters. The van der Waals surface area contributed by atoms with Crippen molar-refractivity contribution >= 4 is 0 Å². The third-order valence-corrected chi connectivity index (χ3v) is 2.97. The lowest BCUT2D eigenvalue weighted by Crippen LogP contribution is -2.21. The van der Waals surface area contributed by atoms with E-state index in [0.717, 1.165) is 24.7 Å². The zero-order valence-electron chi connectivity index (χ0n) is 7.34. The van der Waals surface area contributed by atoms with Crippen LogP contribution in [0, 0.1) is 23.2 Å². The van der Waals surface area contributed by atoms with Gasteiger partial charge in [-0.2, -0.15) is 5.26 Å². The summed E-state index contributed by atoms with van der Waals surface area (Å²) >= 11 is 0. The predicted molar refractivity (Wildman–Crippen MR) is 46.0 cm³/mol. The Kier molecular flexibility index (Phi) is 3.42. The van der Waals surface area contributed by atoms with Crippen molar-refractivity contribution < 1.29 is 0 Å². The van der Waals surface area contributed by atoms with E-state index < -0.39 is 0 Å². The molecule has 1 aliphatic rings. The van der Waals surface area contributed by atoms with Crippen molar-refractivity contribution in [1.29, 1.82) is 5.26 Å². The summed E-state index contributed by atoms with van der Waals surface area (Å²) in [5.41, 5.74) is 0. The molecule has 0 radical (unpaired) electrons. The van der Waals surface area contributed by atoms with E-state index in [4.69, 9.17) is 5.26 Å². The van der Waals surface area contributed by atoms with Gasteiger partial charge in [0.15, 0.2) is 0 Å². The molecule has 0 aliphatic heterocycles. The van der Waals surface area contributed by atoms with E-state index in [2.05, 4.69) is 13.0 Å². The van der Waals surface area contributed by atoms with E-state index >= 15 is 0 Å². The Hall–Kier alpha value is -0.510. The highest BCUT2D eigenvalue weighted by molar-refractivity contribution is 4.80. The van der Waals surface area contributed by atoms with E-state index in [-0.39, 0.29) is 0 Å². The fourth-order valence-corrected chi connectivity index (χ4v) is 1.93. The number of nitrogens with zero attached hydrogens (tertiary/aromatic N) is 1. The highest BCUT2D eigenvalue weighted by atomic mass is 14.3. The number of hydrogen-bond donors (Lipinski definition) is 0. The van der Waals surface area contributed by atoms with Gasteiger partial charge in [-0.05, 0) is 18.3 Å². The smallest absolute Gasteiger partial charge is 0.0621 e. The van der Waals surface area contributed by atoms with Gasteiger partial charge in [0.2, 0.25) is 0 Å². The molecule has 62 valence electrons. The van der Waals surface area contributed by atoms with Crippen molar-refractivity contribution in [3.63, 3.8) is 0 Å². The molecular weight excluding hydrogens is 134 g/mol. The topological polar surface area (TPSA) is 23.8 Å². The van der Waals surface area contributed by atoms with Crippen molar-refractivity contribution in [3.05, 3.63) is 0 Å². The largest absolute Gasteiger partial charge is 0.198 e. The standard InChI is InChI=1S/C10H17N/c1-2-9(7-4-8-11)10-5-3-6-10/h9-10H,2-7H2,1H3. The molecule has 1 heteroatoms. The molecule has 0 amide bonds. The van der Waals surface area contributed by atoms with Crippen LogP contribution in [-0.2, 0) is 0 Å². The highest BCUT2D eigenvalue weighted by Gasteiger charge is 2.25. The first-order valence-corrected chi connectivity index (χ1v) is 4.75. The average molecular weight is 151 g/mol. The molecule has 0 spiro atoms. The van der Waals surface area contributed by atoms with Gasteiger partial charge in [0, 0.05) is 6.42 Å². The van der Waals surface area contributed by atoms with Crippen LogP contribution in [0.3, 0.4) is 0 Å². The molecule has 0 aromatic rings. The minimum absolute atomic E-state index is 0.759. The van der Waals surface area contributed by atoms with Crippen LogP contribution in [0.25, 0.3) is 0 Å². The summed E-state index contributed by atoms with van der Waals surface area (Å²) < 4.78 is 0. The van der Waals surface area contributed by atoms with Crippen LogP contribution >= 0.6 is 0 Å². The summed E-state index contributed by atoms with van der Waals surface area (Å²) in [6, 6.07) is 2.24. The van der Waals surface area contributed by atoms with Crippen molar-refractivity contribution in [1.82, 2.24) is 0 Å². The van der Waals surface area contributed by atoms with E-state index in [1.807, 2.05) is 0 Å². The zero-order chi connectivity index (χ0) is 8.10. The third kappa shape index (κ3) is 2.22. The third-order valence-electron chi connectivity index (χ3n) is 2.97. The minimum Gasteiger partial charge on any atom is -0.198 e. The Bertz CT molecular complexity index is 141. The fourth-order valence-electron chi connectivity index (χ4n) is 1.93. The van der Waals surface area contributed by atoms with Crippen LogP contribution in [0.4, 0.5) is 0 Å². The van der Waals surface area contributed by atoms with Crippen molar-refractivity contribution in [2.24, 2.45) is 11.8 Å². The lowest BCUT2D eigenvalue weighted by atomic mass is 9.73. The molecule has 1 nitrogen and oxygen atoms in total. The maximum Gasteiger partial charge on any atom is 0.0621 e. The summed E-state index contributed by atoms with van der Waals surface area (Å²) in [6.07, 6.45) is 7.43. The van der Waals surface area contributed by atoms with E-state index in [9.17, 15) is 0 Å². The van der Waals surface area contributed by atoms with Gasteiger partial charge >= 0.3 is 0 Å². The minimum atomic E-state index is 0.759. The number of rotatable bonds is 4. The molecule has 0 aromatic heterocycles. The second kappa shape index (κ2) is 4.38. The SMILES string of the molecule is CCC(CCC#N)C1CCC1. The van der Waals surface area contributed by atoms with Gasteiger partial charge in [0.05, 0.1) is 6.07 Å². The molecule has 0 heterocycles. The van der Waals surface area contributed by atoms with Gasteiger partial charge < -0.3 is 0 Å². The first-order valence-electron chi connectivity index (χ1n) is 4.75. The highest BCUT2D eigenvalue weighted by Crippen LogP contribution is 2.37. The van der Waals surface area contributed by atoms with Crippen molar-refractivity contribution in [3.8, 4) is 6.07 Å². The molecule has 1 rings (SSSR count). The maximum absolute atomic E-state index is 8.43. The van der Waals surface area contributed by atoms with Crippen LogP contribution in [0.5, 0.6) is 0 Å². The lowest BCUT2D eigenvalue weighted by molar-refractivity contribution is 0.192. The Morgan fingerprint density at radius 3 is 2.64 bits per heavy atom. The second-order valence-corrected chi connectivity index (χ2v) is 3.56. The number of hydrogen-bond acceptors (Lipinski definition) is 1. The Labute approximate surface area is 69.4 Å². The number of nitriles is 1. The predicted octanol–water partition coefficient (Wildman–Crippen LogP) is 3.12. The fraction of sp³-hybridized carbons (Fsp3) is 0.900. The Balaban J connectivity index is 2.19. The maximum atomic E-state index is 8.43. The van der Waals surface area contributed by atoms with Gasteiger partial charge in [-0.3, -0.25) is 0 Å². The first kappa shape index (κ1) is 8.59. The summed E-state index contributed by atoms with van der Waals surface area (Å²) in [4.78, 5) is 0. The van der Waals surface area contributed by atoms with Crippen LogP contribution in [0.2, 0.25) is 0 Å². The molecule has 1 saturated carbocycles. The molecule has 1 fully saturated rings. The molecule has 0 aromatic carbocycles. The molecule has 0 N–H and O–H groups in total. The van der Waals surface area contributed by atoms with Gasteiger partial charge in [-0.1, -0.05) is 32.6 Å². The van der Waals surface area contributed by atoms with Crippen LogP contribution in [0.15, 0.2) is 0 Å². The molecule has 1 unspecified atom stereocenters. The van der Waals surface area contributed by atoms with E-state index in [1.165, 1.54) is 25.7 Å². The Morgan fingerprint density at radius 1 is 1.55 bits per heavy atom. The molecular formula is C10H17N. The van der Waals surface area contributed by atoms with Gasteiger partial charge in [0.25, 0.3) is 0 Å². The Morgan fingerprint density at radius 2 is 2.27 bits per heavy atom. The summed E-state index contributed by atoms with van der Waals surface area (Å²) in [6.45, 7) is 2.25. The summed E-state index contributed by atoms with van der Waals surface area (Å²) in [5, 5.41) is 8.43. The monoisotopic (exact) mass is 151 g/mol. The second-order valence-electron chi connectivity index (χ2n) is 3.56. The van der Waals surface area contributed by atoms with Gasteiger partial charge in [-0.15, -0.1) is 0 Å². The van der Waals surface area contributed by atoms with Crippen molar-refractivity contribution in [2.45, 2.75) is 45.4 Å². The first-order chi connectivity index (χ1) is 5.38.